The predicted octanol–water partition coefficient (Wildman–Crippen LogP) is 4.20. The van der Waals surface area contributed by atoms with Crippen molar-refractivity contribution in [3.8, 4) is 0 Å². The first-order valence-corrected chi connectivity index (χ1v) is 10.0. The second-order valence-electron chi connectivity index (χ2n) is 7.68. The Morgan fingerprint density at radius 3 is 2.48 bits per heavy atom. The van der Waals surface area contributed by atoms with E-state index in [4.69, 9.17) is 0 Å². The molecule has 5 heteroatoms. The first-order valence-electron chi connectivity index (χ1n) is 10.0. The van der Waals surface area contributed by atoms with Gasteiger partial charge in [-0.15, -0.1) is 0 Å². The van der Waals surface area contributed by atoms with Crippen LogP contribution in [0.4, 0.5) is 11.4 Å². The number of amides is 3. The van der Waals surface area contributed by atoms with Crippen LogP contribution in [0.2, 0.25) is 0 Å². The van der Waals surface area contributed by atoms with E-state index in [-0.39, 0.29) is 35.5 Å². The molecule has 1 aliphatic heterocycles. The zero-order chi connectivity index (χ0) is 20.5. The van der Waals surface area contributed by atoms with Crippen molar-refractivity contribution in [2.75, 3.05) is 10.2 Å². The van der Waals surface area contributed by atoms with Crippen molar-refractivity contribution in [1.29, 1.82) is 0 Å². The summed E-state index contributed by atoms with van der Waals surface area (Å²) in [6.45, 7) is 4.02. The molecular formula is C24H24N2O3. The number of allylic oxidation sites excluding steroid dienone is 2. The summed E-state index contributed by atoms with van der Waals surface area (Å²) < 4.78 is 0. The molecule has 2 aromatic carbocycles. The summed E-state index contributed by atoms with van der Waals surface area (Å²) in [5.74, 6) is -1.03. The molecule has 1 N–H and O–H groups in total. The highest BCUT2D eigenvalue weighted by atomic mass is 16.2. The number of rotatable bonds is 4. The van der Waals surface area contributed by atoms with Crippen LogP contribution in [0.5, 0.6) is 0 Å². The Balaban J connectivity index is 1.53. The summed E-state index contributed by atoms with van der Waals surface area (Å²) in [4.78, 5) is 39.6. The summed E-state index contributed by atoms with van der Waals surface area (Å²) in [7, 11) is 0. The zero-order valence-electron chi connectivity index (χ0n) is 16.6. The number of anilines is 2. The Labute approximate surface area is 170 Å². The van der Waals surface area contributed by atoms with E-state index in [1.165, 1.54) is 4.90 Å². The lowest BCUT2D eigenvalue weighted by molar-refractivity contribution is -0.122. The molecule has 4 rings (SSSR count). The van der Waals surface area contributed by atoms with Crippen molar-refractivity contribution in [1.82, 2.24) is 0 Å². The van der Waals surface area contributed by atoms with Crippen molar-refractivity contribution >= 4 is 29.1 Å². The van der Waals surface area contributed by atoms with Crippen molar-refractivity contribution in [2.45, 2.75) is 26.7 Å². The number of hydrogen-bond donors (Lipinski definition) is 1. The van der Waals surface area contributed by atoms with E-state index < -0.39 is 0 Å². The first kappa shape index (κ1) is 19.1. The number of imide groups is 1. The lowest BCUT2D eigenvalue weighted by Crippen LogP contribution is -2.31. The highest BCUT2D eigenvalue weighted by molar-refractivity contribution is 6.22. The van der Waals surface area contributed by atoms with Gasteiger partial charge in [0.05, 0.1) is 17.5 Å². The number of para-hydroxylation sites is 1. The minimum Gasteiger partial charge on any atom is -0.322 e. The van der Waals surface area contributed by atoms with Crippen LogP contribution >= 0.6 is 0 Å². The van der Waals surface area contributed by atoms with E-state index in [9.17, 15) is 14.4 Å². The smallest absolute Gasteiger partial charge is 0.255 e. The van der Waals surface area contributed by atoms with Gasteiger partial charge in [0.25, 0.3) is 5.91 Å². The Morgan fingerprint density at radius 2 is 1.79 bits per heavy atom. The Kier molecular flexibility index (Phi) is 5.05. The number of carbonyl (C=O) groups excluding carboxylic acids is 3. The van der Waals surface area contributed by atoms with E-state index in [0.717, 1.165) is 17.7 Å². The van der Waals surface area contributed by atoms with Crippen LogP contribution in [0, 0.1) is 17.8 Å². The molecule has 3 amide bonds. The van der Waals surface area contributed by atoms with Gasteiger partial charge >= 0.3 is 0 Å². The fraction of sp³-hybridized carbons (Fsp3) is 0.292. The topological polar surface area (TPSA) is 66.5 Å². The van der Waals surface area contributed by atoms with Crippen molar-refractivity contribution in [3.05, 3.63) is 71.8 Å². The third-order valence-corrected chi connectivity index (χ3v) is 5.91. The zero-order valence-corrected chi connectivity index (χ0v) is 16.6. The van der Waals surface area contributed by atoms with Gasteiger partial charge in [-0.2, -0.15) is 0 Å². The molecule has 0 aromatic heterocycles. The molecule has 0 bridgehead atoms. The molecule has 3 atom stereocenters. The molecule has 2 aromatic rings. The fourth-order valence-electron chi connectivity index (χ4n) is 4.31. The van der Waals surface area contributed by atoms with Gasteiger partial charge in [0.2, 0.25) is 11.8 Å². The highest BCUT2D eigenvalue weighted by Crippen LogP contribution is 2.40. The van der Waals surface area contributed by atoms with Gasteiger partial charge < -0.3 is 5.32 Å². The van der Waals surface area contributed by atoms with Crippen molar-refractivity contribution < 1.29 is 14.4 Å². The van der Waals surface area contributed by atoms with Gasteiger partial charge in [-0.05, 0) is 54.7 Å². The van der Waals surface area contributed by atoms with Crippen LogP contribution in [0.15, 0.2) is 60.7 Å². The molecule has 148 valence electrons. The molecule has 0 saturated carbocycles. The fourth-order valence-corrected chi connectivity index (χ4v) is 4.31. The second-order valence-corrected chi connectivity index (χ2v) is 7.68. The minimum atomic E-state index is -0.291. The standard InChI is InChI=1S/C24H24N2O3/c1-3-16-8-4-5-10-20(16)25-22(27)17-11-13-18(14-12-17)26-23(28)19-9-6-7-15(2)21(19)24(26)29/h4-8,10-15,19,21H,3,9H2,1-2H3,(H,25,27)/t15-,19-,21-/m1/s1. The Morgan fingerprint density at radius 1 is 1.07 bits per heavy atom. The average Bonchev–Trinajstić information content (AvgIpc) is 3.00. The molecule has 1 aliphatic carbocycles. The summed E-state index contributed by atoms with van der Waals surface area (Å²) in [6, 6.07) is 14.4. The summed E-state index contributed by atoms with van der Waals surface area (Å²) in [5.41, 5.74) is 2.86. The van der Waals surface area contributed by atoms with Gasteiger partial charge in [0.15, 0.2) is 0 Å². The third-order valence-electron chi connectivity index (χ3n) is 5.91. The van der Waals surface area contributed by atoms with E-state index in [2.05, 4.69) is 5.32 Å². The maximum atomic E-state index is 12.9. The molecule has 29 heavy (non-hydrogen) atoms. The molecule has 0 radical (unpaired) electrons. The average molecular weight is 388 g/mol. The van der Waals surface area contributed by atoms with Crippen molar-refractivity contribution in [2.24, 2.45) is 17.8 Å². The van der Waals surface area contributed by atoms with E-state index >= 15 is 0 Å². The molecule has 5 nitrogen and oxygen atoms in total. The number of benzene rings is 2. The maximum absolute atomic E-state index is 12.9. The quantitative estimate of drug-likeness (QED) is 0.630. The van der Waals surface area contributed by atoms with Crippen LogP contribution in [-0.4, -0.2) is 17.7 Å². The van der Waals surface area contributed by atoms with Crippen LogP contribution in [0.25, 0.3) is 0 Å². The minimum absolute atomic E-state index is 0.0545. The van der Waals surface area contributed by atoms with Crippen LogP contribution in [0.1, 0.15) is 36.2 Å². The van der Waals surface area contributed by atoms with E-state index in [1.54, 1.807) is 24.3 Å². The maximum Gasteiger partial charge on any atom is 0.255 e. The Bertz CT molecular complexity index is 993. The Hall–Kier alpha value is -3.21. The van der Waals surface area contributed by atoms with Crippen LogP contribution < -0.4 is 10.2 Å². The monoisotopic (exact) mass is 388 g/mol. The largest absolute Gasteiger partial charge is 0.322 e. The van der Waals surface area contributed by atoms with Gasteiger partial charge in [0, 0.05) is 11.3 Å². The number of aryl methyl sites for hydroxylation is 1. The van der Waals surface area contributed by atoms with E-state index in [0.29, 0.717) is 17.7 Å². The summed E-state index contributed by atoms with van der Waals surface area (Å²) in [5, 5.41) is 2.94. The van der Waals surface area contributed by atoms with Gasteiger partial charge in [0.1, 0.15) is 0 Å². The normalized spacial score (nSPS) is 23.2. The summed E-state index contributed by atoms with van der Waals surface area (Å²) in [6.07, 6.45) is 5.43. The van der Waals surface area contributed by atoms with Gasteiger partial charge in [-0.3, -0.25) is 19.3 Å². The lowest BCUT2D eigenvalue weighted by atomic mass is 9.78. The number of nitrogens with zero attached hydrogens (tertiary/aromatic N) is 1. The predicted molar refractivity (Wildman–Crippen MR) is 113 cm³/mol. The van der Waals surface area contributed by atoms with Gasteiger partial charge in [-0.25, -0.2) is 0 Å². The molecule has 1 fully saturated rings. The molecule has 1 heterocycles. The van der Waals surface area contributed by atoms with Crippen molar-refractivity contribution in [3.63, 3.8) is 0 Å². The molecule has 2 aliphatic rings. The molecule has 0 spiro atoms. The van der Waals surface area contributed by atoms with Crippen LogP contribution in [-0.2, 0) is 16.0 Å². The van der Waals surface area contributed by atoms with E-state index in [1.807, 2.05) is 50.3 Å². The second kappa shape index (κ2) is 7.66. The third kappa shape index (κ3) is 3.37. The highest BCUT2D eigenvalue weighted by Gasteiger charge is 2.50. The number of fused-ring (bicyclic) bond motifs is 1. The van der Waals surface area contributed by atoms with Crippen LogP contribution in [0.3, 0.4) is 0 Å². The molecule has 0 unspecified atom stereocenters. The lowest BCUT2D eigenvalue weighted by Gasteiger charge is -2.22. The van der Waals surface area contributed by atoms with Gasteiger partial charge in [-0.1, -0.05) is 44.2 Å². The molecular weight excluding hydrogens is 364 g/mol. The number of hydrogen-bond acceptors (Lipinski definition) is 3. The SMILES string of the molecule is CCc1ccccc1NC(=O)c1ccc(N2C(=O)[C@@H]3[C@H](C)C=CC[C@H]3C2=O)cc1. The summed E-state index contributed by atoms with van der Waals surface area (Å²) >= 11 is 0. The first-order chi connectivity index (χ1) is 14.0. The number of carbonyl (C=O) groups is 3. The number of nitrogens with one attached hydrogen (secondary N) is 1. The molecule has 1 saturated heterocycles.